The fourth-order valence-corrected chi connectivity index (χ4v) is 6.03. The van der Waals surface area contributed by atoms with Gasteiger partial charge in [0.05, 0.1) is 0 Å². The van der Waals surface area contributed by atoms with Gasteiger partial charge in [0.15, 0.2) is 11.0 Å². The van der Waals surface area contributed by atoms with Crippen LogP contribution in [0.5, 0.6) is 0 Å². The van der Waals surface area contributed by atoms with Crippen molar-refractivity contribution in [3.8, 4) is 11.4 Å². The first-order valence-electron chi connectivity index (χ1n) is 11.5. The van der Waals surface area contributed by atoms with E-state index in [9.17, 15) is 4.79 Å². The second-order valence-corrected chi connectivity index (χ2v) is 9.95. The molecule has 1 saturated carbocycles. The molecule has 6 nitrogen and oxygen atoms in total. The van der Waals surface area contributed by atoms with Crippen LogP contribution in [0.1, 0.15) is 42.0 Å². The van der Waals surface area contributed by atoms with Gasteiger partial charge < -0.3 is 9.40 Å². The Morgan fingerprint density at radius 3 is 2.79 bits per heavy atom. The first kappa shape index (κ1) is 19.2. The topological polar surface area (TPSA) is 76.7 Å². The summed E-state index contributed by atoms with van der Waals surface area (Å²) in [6.07, 6.45) is 7.64. The Kier molecular flexibility index (Phi) is 4.27. The first-order valence-corrected chi connectivity index (χ1v) is 12.5. The molecule has 33 heavy (non-hydrogen) atoms. The normalized spacial score (nSPS) is 15.5. The molecule has 164 valence electrons. The van der Waals surface area contributed by atoms with E-state index in [-0.39, 0.29) is 5.63 Å². The van der Waals surface area contributed by atoms with Crippen molar-refractivity contribution in [1.29, 1.82) is 0 Å². The monoisotopic (exact) mass is 454 g/mol. The minimum Gasteiger partial charge on any atom is -0.423 e. The van der Waals surface area contributed by atoms with E-state index >= 15 is 0 Å². The van der Waals surface area contributed by atoms with Gasteiger partial charge in [0.1, 0.15) is 5.58 Å². The maximum absolute atomic E-state index is 12.3. The van der Waals surface area contributed by atoms with E-state index in [1.54, 1.807) is 17.8 Å². The van der Waals surface area contributed by atoms with Crippen molar-refractivity contribution in [3.63, 3.8) is 0 Å². The van der Waals surface area contributed by atoms with E-state index in [1.807, 2.05) is 12.3 Å². The molecule has 0 bridgehead atoms. The Labute approximate surface area is 194 Å². The lowest BCUT2D eigenvalue weighted by atomic mass is 10.0. The van der Waals surface area contributed by atoms with Crippen molar-refractivity contribution in [3.05, 3.63) is 75.8 Å². The van der Waals surface area contributed by atoms with Crippen molar-refractivity contribution >= 4 is 33.6 Å². The molecule has 1 fully saturated rings. The van der Waals surface area contributed by atoms with Crippen molar-refractivity contribution in [2.24, 2.45) is 0 Å². The molecule has 0 atom stereocenters. The van der Waals surface area contributed by atoms with Gasteiger partial charge in [-0.2, -0.15) is 0 Å². The Balaban J connectivity index is 1.27. The second-order valence-electron chi connectivity index (χ2n) is 9.01. The summed E-state index contributed by atoms with van der Waals surface area (Å²) in [5.41, 5.74) is 6.28. The number of fused-ring (bicyclic) bond motifs is 3. The van der Waals surface area contributed by atoms with Crippen molar-refractivity contribution in [1.82, 2.24) is 19.7 Å². The van der Waals surface area contributed by atoms with E-state index in [1.165, 1.54) is 17.5 Å². The van der Waals surface area contributed by atoms with E-state index in [4.69, 9.17) is 4.42 Å². The molecule has 0 aliphatic heterocycles. The second kappa shape index (κ2) is 7.35. The van der Waals surface area contributed by atoms with E-state index in [0.29, 0.717) is 17.4 Å². The molecule has 7 rings (SSSR count). The lowest BCUT2D eigenvalue weighted by molar-refractivity contribution is 0.559. The van der Waals surface area contributed by atoms with Gasteiger partial charge >= 0.3 is 5.63 Å². The number of benzene rings is 2. The number of hydrogen-bond donors (Lipinski definition) is 1. The number of H-pyrrole nitrogens is 1. The summed E-state index contributed by atoms with van der Waals surface area (Å²) >= 11 is 1.65. The maximum Gasteiger partial charge on any atom is 0.336 e. The third-order valence-corrected chi connectivity index (χ3v) is 7.80. The third-order valence-electron chi connectivity index (χ3n) is 6.81. The molecule has 2 aliphatic carbocycles. The molecule has 7 heteroatoms. The number of thioether (sulfide) groups is 1. The maximum atomic E-state index is 12.3. The molecule has 1 N–H and O–H groups in total. The zero-order valence-corrected chi connectivity index (χ0v) is 18.8. The van der Waals surface area contributed by atoms with Gasteiger partial charge in [0, 0.05) is 45.9 Å². The van der Waals surface area contributed by atoms with Crippen LogP contribution in [0.4, 0.5) is 0 Å². The van der Waals surface area contributed by atoms with E-state index in [0.717, 1.165) is 64.1 Å². The quantitative estimate of drug-likeness (QED) is 0.274. The zero-order chi connectivity index (χ0) is 21.9. The van der Waals surface area contributed by atoms with Crippen molar-refractivity contribution in [2.45, 2.75) is 49.1 Å². The van der Waals surface area contributed by atoms with Gasteiger partial charge in [-0.05, 0) is 67.0 Å². The van der Waals surface area contributed by atoms with Gasteiger partial charge in [0.25, 0.3) is 0 Å². The average Bonchev–Trinajstić information content (AvgIpc) is 3.21. The molecule has 0 saturated heterocycles. The van der Waals surface area contributed by atoms with Gasteiger partial charge in [-0.1, -0.05) is 30.0 Å². The van der Waals surface area contributed by atoms with Crippen molar-refractivity contribution < 1.29 is 4.42 Å². The van der Waals surface area contributed by atoms with Gasteiger partial charge in [0.2, 0.25) is 0 Å². The highest BCUT2D eigenvalue weighted by Gasteiger charge is 2.31. The number of nitrogens with zero attached hydrogens (tertiary/aromatic N) is 3. The smallest absolute Gasteiger partial charge is 0.336 e. The molecule has 0 unspecified atom stereocenters. The molecule has 0 radical (unpaired) electrons. The number of rotatable bonds is 5. The molecule has 0 spiro atoms. The lowest BCUT2D eigenvalue weighted by Gasteiger charge is -2.10. The van der Waals surface area contributed by atoms with Crippen LogP contribution < -0.4 is 5.63 Å². The standard InChI is InChI=1S/C26H22N4O2S/c31-24-12-17(20-10-15-4-3-5-16(15)11-23(20)32-24)14-33-26-29-28-25(30(26)18-8-9-18)21-13-27-22-7-2-1-6-19(21)22/h1-2,6-7,10-13,18,27H,3-5,8-9,14H2. The SMILES string of the molecule is O=c1cc(CSc2nnc(-c3c[nH]c4ccccc34)n2C2CC2)c2cc3c(cc2o1)CCC3. The minimum atomic E-state index is -0.292. The number of hydrogen-bond acceptors (Lipinski definition) is 5. The summed E-state index contributed by atoms with van der Waals surface area (Å²) in [6, 6.07) is 14.6. The fraction of sp³-hybridized carbons (Fsp3) is 0.269. The highest BCUT2D eigenvalue weighted by atomic mass is 32.2. The van der Waals surface area contributed by atoms with Gasteiger partial charge in [-0.15, -0.1) is 10.2 Å². The largest absolute Gasteiger partial charge is 0.423 e. The van der Waals surface area contributed by atoms with E-state index < -0.39 is 0 Å². The highest BCUT2D eigenvalue weighted by Crippen LogP contribution is 2.43. The lowest BCUT2D eigenvalue weighted by Crippen LogP contribution is -2.02. The van der Waals surface area contributed by atoms with Crippen LogP contribution in [-0.2, 0) is 18.6 Å². The molecular weight excluding hydrogens is 432 g/mol. The molecule has 5 aromatic rings. The van der Waals surface area contributed by atoms with Crippen LogP contribution in [0.25, 0.3) is 33.3 Å². The van der Waals surface area contributed by atoms with Crippen LogP contribution >= 0.6 is 11.8 Å². The molecule has 2 aliphatic rings. The van der Waals surface area contributed by atoms with E-state index in [2.05, 4.69) is 50.1 Å². The summed E-state index contributed by atoms with van der Waals surface area (Å²) < 4.78 is 7.83. The number of aromatic nitrogens is 4. The molecule has 2 aromatic carbocycles. The Morgan fingerprint density at radius 1 is 1.06 bits per heavy atom. The number of para-hydroxylation sites is 1. The van der Waals surface area contributed by atoms with Crippen LogP contribution in [0.3, 0.4) is 0 Å². The summed E-state index contributed by atoms with van der Waals surface area (Å²) in [4.78, 5) is 15.6. The minimum absolute atomic E-state index is 0.292. The predicted molar refractivity (Wildman–Crippen MR) is 130 cm³/mol. The Bertz CT molecular complexity index is 1590. The Morgan fingerprint density at radius 2 is 1.91 bits per heavy atom. The Hall–Kier alpha value is -3.32. The molecule has 0 amide bonds. The summed E-state index contributed by atoms with van der Waals surface area (Å²) in [5, 5.41) is 12.3. The van der Waals surface area contributed by atoms with Crippen LogP contribution in [0.2, 0.25) is 0 Å². The number of nitrogens with one attached hydrogen (secondary N) is 1. The summed E-state index contributed by atoms with van der Waals surface area (Å²) in [6.45, 7) is 0. The first-order chi connectivity index (χ1) is 16.2. The number of aromatic amines is 1. The van der Waals surface area contributed by atoms with Crippen LogP contribution in [0.15, 0.2) is 63.0 Å². The van der Waals surface area contributed by atoms with Crippen molar-refractivity contribution in [2.75, 3.05) is 0 Å². The highest BCUT2D eigenvalue weighted by molar-refractivity contribution is 7.98. The fourth-order valence-electron chi connectivity index (χ4n) is 5.03. The average molecular weight is 455 g/mol. The summed E-state index contributed by atoms with van der Waals surface area (Å²) in [7, 11) is 0. The molecule has 3 aromatic heterocycles. The summed E-state index contributed by atoms with van der Waals surface area (Å²) in [5.74, 6) is 1.56. The van der Waals surface area contributed by atoms with Gasteiger partial charge in [-0.3, -0.25) is 4.57 Å². The molecular formula is C26H22N4O2S. The third kappa shape index (κ3) is 3.22. The van der Waals surface area contributed by atoms with Gasteiger partial charge in [-0.25, -0.2) is 4.79 Å². The molecule has 3 heterocycles. The predicted octanol–water partition coefficient (Wildman–Crippen LogP) is 5.65. The van der Waals surface area contributed by atoms with Crippen LogP contribution in [-0.4, -0.2) is 19.7 Å². The van der Waals surface area contributed by atoms with Crippen LogP contribution in [0, 0.1) is 0 Å². The zero-order valence-electron chi connectivity index (χ0n) is 18.0. The number of aryl methyl sites for hydroxylation is 2.